The number of ether oxygens (including phenoxy) is 1. The molecule has 0 amide bonds. The van der Waals surface area contributed by atoms with E-state index in [-0.39, 0.29) is 6.04 Å². The van der Waals surface area contributed by atoms with E-state index in [2.05, 4.69) is 70.6 Å². The van der Waals surface area contributed by atoms with Gasteiger partial charge in [0.1, 0.15) is 0 Å². The lowest BCUT2D eigenvalue weighted by Gasteiger charge is -2.27. The maximum atomic E-state index is 5.67. The Bertz CT molecular complexity index is 597. The quantitative estimate of drug-likeness (QED) is 0.884. The zero-order valence-corrected chi connectivity index (χ0v) is 12.4. The third kappa shape index (κ3) is 2.67. The van der Waals surface area contributed by atoms with Crippen molar-refractivity contribution >= 4 is 21.6 Å². The van der Waals surface area contributed by atoms with Crippen LogP contribution in [0.2, 0.25) is 0 Å². The van der Waals surface area contributed by atoms with Crippen molar-refractivity contribution in [1.82, 2.24) is 0 Å². The van der Waals surface area contributed by atoms with E-state index in [0.717, 1.165) is 10.2 Å². The van der Waals surface area contributed by atoms with E-state index < -0.39 is 0 Å². The van der Waals surface area contributed by atoms with Crippen molar-refractivity contribution in [2.24, 2.45) is 0 Å². The Balaban J connectivity index is 1.88. The van der Waals surface area contributed by atoms with E-state index in [1.165, 1.54) is 16.7 Å². The van der Waals surface area contributed by atoms with Gasteiger partial charge in [-0.15, -0.1) is 0 Å². The molecule has 0 bridgehead atoms. The Labute approximate surface area is 121 Å². The van der Waals surface area contributed by atoms with Crippen LogP contribution in [0.3, 0.4) is 0 Å². The molecule has 0 aliphatic carbocycles. The van der Waals surface area contributed by atoms with Crippen molar-refractivity contribution < 1.29 is 4.74 Å². The van der Waals surface area contributed by atoms with E-state index in [4.69, 9.17) is 4.74 Å². The Morgan fingerprint density at radius 1 is 1.21 bits per heavy atom. The molecule has 3 heteroatoms. The minimum Gasteiger partial charge on any atom is -0.375 e. The zero-order valence-electron chi connectivity index (χ0n) is 10.8. The highest BCUT2D eigenvalue weighted by Gasteiger charge is 2.20. The zero-order chi connectivity index (χ0) is 13.2. The van der Waals surface area contributed by atoms with Crippen LogP contribution in [0.4, 0.5) is 5.69 Å². The van der Waals surface area contributed by atoms with Gasteiger partial charge >= 0.3 is 0 Å². The van der Waals surface area contributed by atoms with Gasteiger partial charge < -0.3 is 10.1 Å². The van der Waals surface area contributed by atoms with Crippen molar-refractivity contribution in [3.8, 4) is 0 Å². The van der Waals surface area contributed by atoms with Gasteiger partial charge in [0.25, 0.3) is 0 Å². The topological polar surface area (TPSA) is 21.3 Å². The van der Waals surface area contributed by atoms with Crippen LogP contribution in [0.1, 0.15) is 22.7 Å². The van der Waals surface area contributed by atoms with Crippen LogP contribution in [-0.4, -0.2) is 6.61 Å². The van der Waals surface area contributed by atoms with Gasteiger partial charge in [-0.1, -0.05) is 30.3 Å². The largest absolute Gasteiger partial charge is 0.375 e. The third-order valence-electron chi connectivity index (χ3n) is 3.43. The van der Waals surface area contributed by atoms with Crippen molar-refractivity contribution in [3.05, 3.63) is 63.6 Å². The van der Waals surface area contributed by atoms with Gasteiger partial charge in [0.05, 0.1) is 19.3 Å². The molecule has 98 valence electrons. The molecule has 0 aromatic heterocycles. The number of fused-ring (bicyclic) bond motifs is 1. The van der Waals surface area contributed by atoms with Crippen LogP contribution >= 0.6 is 15.9 Å². The van der Waals surface area contributed by atoms with E-state index in [0.29, 0.717) is 13.2 Å². The summed E-state index contributed by atoms with van der Waals surface area (Å²) in [6.07, 6.45) is 0. The summed E-state index contributed by atoms with van der Waals surface area (Å²) in [6.45, 7) is 3.51. The predicted octanol–water partition coefficient (Wildman–Crippen LogP) is 4.44. The summed E-state index contributed by atoms with van der Waals surface area (Å²) in [5, 5.41) is 3.56. The number of rotatable bonds is 2. The number of hydrogen-bond acceptors (Lipinski definition) is 2. The second kappa shape index (κ2) is 5.35. The first kappa shape index (κ1) is 12.7. The fourth-order valence-electron chi connectivity index (χ4n) is 2.43. The van der Waals surface area contributed by atoms with Gasteiger partial charge in [-0.3, -0.25) is 0 Å². The van der Waals surface area contributed by atoms with Gasteiger partial charge in [-0.05, 0) is 51.7 Å². The molecule has 2 aromatic rings. The molecule has 2 aromatic carbocycles. The van der Waals surface area contributed by atoms with Crippen molar-refractivity contribution in [2.45, 2.75) is 19.6 Å². The average Bonchev–Trinajstić information content (AvgIpc) is 2.42. The first-order chi connectivity index (χ1) is 9.24. The van der Waals surface area contributed by atoms with Crippen molar-refractivity contribution in [1.29, 1.82) is 0 Å². The van der Waals surface area contributed by atoms with Crippen molar-refractivity contribution in [3.63, 3.8) is 0 Å². The third-order valence-corrected chi connectivity index (χ3v) is 4.08. The highest BCUT2D eigenvalue weighted by molar-refractivity contribution is 9.10. The van der Waals surface area contributed by atoms with Crippen LogP contribution < -0.4 is 5.32 Å². The number of benzene rings is 2. The smallest absolute Gasteiger partial charge is 0.0751 e. The summed E-state index contributed by atoms with van der Waals surface area (Å²) >= 11 is 3.61. The molecule has 0 saturated carbocycles. The summed E-state index contributed by atoms with van der Waals surface area (Å²) in [5.74, 6) is 0. The monoisotopic (exact) mass is 317 g/mol. The first-order valence-corrected chi connectivity index (χ1v) is 7.21. The lowest BCUT2D eigenvalue weighted by Crippen LogP contribution is -2.23. The van der Waals surface area contributed by atoms with Gasteiger partial charge in [-0.2, -0.15) is 0 Å². The lowest BCUT2D eigenvalue weighted by atomic mass is 9.99. The maximum Gasteiger partial charge on any atom is 0.0751 e. The van der Waals surface area contributed by atoms with E-state index in [9.17, 15) is 0 Å². The van der Waals surface area contributed by atoms with E-state index in [1.54, 1.807) is 0 Å². The number of aryl methyl sites for hydroxylation is 1. The number of hydrogen-bond donors (Lipinski definition) is 1. The molecule has 1 unspecified atom stereocenters. The molecule has 3 rings (SSSR count). The van der Waals surface area contributed by atoms with E-state index in [1.807, 2.05) is 0 Å². The molecule has 0 saturated heterocycles. The standard InChI is InChI=1S/C16H16BrNO/c1-11-6-7-15(14(17)8-11)18-16-10-19-9-12-4-2-3-5-13(12)16/h2-8,16,18H,9-10H2,1H3. The average molecular weight is 318 g/mol. The molecule has 1 aliphatic rings. The van der Waals surface area contributed by atoms with Gasteiger partial charge in [0, 0.05) is 10.2 Å². The Morgan fingerprint density at radius 2 is 2.05 bits per heavy atom. The highest BCUT2D eigenvalue weighted by Crippen LogP contribution is 2.31. The number of halogens is 1. The molecular weight excluding hydrogens is 302 g/mol. The van der Waals surface area contributed by atoms with E-state index >= 15 is 0 Å². The summed E-state index contributed by atoms with van der Waals surface area (Å²) in [7, 11) is 0. The summed E-state index contributed by atoms with van der Waals surface area (Å²) < 4.78 is 6.76. The van der Waals surface area contributed by atoms with Crippen LogP contribution in [0.5, 0.6) is 0 Å². The van der Waals surface area contributed by atoms with Gasteiger partial charge in [0.2, 0.25) is 0 Å². The molecule has 1 heterocycles. The Hall–Kier alpha value is -1.32. The Kier molecular flexibility index (Phi) is 3.58. The predicted molar refractivity (Wildman–Crippen MR) is 81.3 cm³/mol. The molecule has 19 heavy (non-hydrogen) atoms. The minimum atomic E-state index is 0.212. The maximum absolute atomic E-state index is 5.67. The van der Waals surface area contributed by atoms with Gasteiger partial charge in [-0.25, -0.2) is 0 Å². The number of anilines is 1. The van der Waals surface area contributed by atoms with Gasteiger partial charge in [0.15, 0.2) is 0 Å². The number of nitrogens with one attached hydrogen (secondary N) is 1. The molecule has 2 nitrogen and oxygen atoms in total. The first-order valence-electron chi connectivity index (χ1n) is 6.42. The molecule has 0 fully saturated rings. The summed E-state index contributed by atoms with van der Waals surface area (Å²) in [5.41, 5.74) is 4.96. The Morgan fingerprint density at radius 3 is 2.89 bits per heavy atom. The van der Waals surface area contributed by atoms with Crippen LogP contribution in [0.25, 0.3) is 0 Å². The fourth-order valence-corrected chi connectivity index (χ4v) is 3.03. The van der Waals surface area contributed by atoms with Crippen LogP contribution in [-0.2, 0) is 11.3 Å². The summed E-state index contributed by atoms with van der Waals surface area (Å²) in [4.78, 5) is 0. The van der Waals surface area contributed by atoms with Crippen LogP contribution in [0.15, 0.2) is 46.9 Å². The second-order valence-electron chi connectivity index (χ2n) is 4.89. The van der Waals surface area contributed by atoms with Crippen LogP contribution in [0, 0.1) is 6.92 Å². The van der Waals surface area contributed by atoms with Crippen molar-refractivity contribution in [2.75, 3.05) is 11.9 Å². The molecular formula is C16H16BrNO. The molecule has 0 spiro atoms. The second-order valence-corrected chi connectivity index (χ2v) is 5.75. The fraction of sp³-hybridized carbons (Fsp3) is 0.250. The minimum absolute atomic E-state index is 0.212. The molecule has 0 radical (unpaired) electrons. The highest BCUT2D eigenvalue weighted by atomic mass is 79.9. The molecule has 1 N–H and O–H groups in total. The molecule has 1 aliphatic heterocycles. The SMILES string of the molecule is Cc1ccc(NC2COCc3ccccc32)c(Br)c1. The molecule has 1 atom stereocenters. The summed E-state index contributed by atoms with van der Waals surface area (Å²) in [6, 6.07) is 15.0. The lowest BCUT2D eigenvalue weighted by molar-refractivity contribution is 0.0970. The normalized spacial score (nSPS) is 17.9.